The third-order valence-corrected chi connectivity index (χ3v) is 6.11. The molecule has 0 bridgehead atoms. The molecular formula is C18H25NO4. The highest BCUT2D eigenvalue weighted by Gasteiger charge is 2.56. The van der Waals surface area contributed by atoms with E-state index in [-0.39, 0.29) is 17.0 Å². The Balaban J connectivity index is 1.71. The van der Waals surface area contributed by atoms with E-state index in [0.717, 1.165) is 32.2 Å². The van der Waals surface area contributed by atoms with Crippen LogP contribution in [0, 0.1) is 0 Å². The van der Waals surface area contributed by atoms with Crippen LogP contribution in [-0.2, 0) is 14.9 Å². The van der Waals surface area contributed by atoms with Crippen molar-refractivity contribution in [2.24, 2.45) is 0 Å². The van der Waals surface area contributed by atoms with Crippen LogP contribution in [-0.4, -0.2) is 55.8 Å². The lowest BCUT2D eigenvalue weighted by molar-refractivity contribution is -0.194. The van der Waals surface area contributed by atoms with E-state index in [9.17, 15) is 5.11 Å². The molecule has 3 aliphatic rings. The van der Waals surface area contributed by atoms with Crippen LogP contribution in [0.25, 0.3) is 0 Å². The number of aromatic hydroxyl groups is 1. The van der Waals surface area contributed by atoms with Crippen LogP contribution in [0.15, 0.2) is 18.2 Å². The maximum atomic E-state index is 9.92. The molecule has 5 heteroatoms. The van der Waals surface area contributed by atoms with Crippen LogP contribution in [0.4, 0.5) is 0 Å². The smallest absolute Gasteiger partial charge is 0.170 e. The van der Waals surface area contributed by atoms with E-state index >= 15 is 0 Å². The second-order valence-electron chi connectivity index (χ2n) is 7.10. The molecule has 2 aliphatic heterocycles. The minimum Gasteiger partial charge on any atom is -0.504 e. The molecule has 126 valence electrons. The Morgan fingerprint density at radius 1 is 1.22 bits per heavy atom. The lowest BCUT2D eigenvalue weighted by Gasteiger charge is -2.47. The number of phenols is 1. The zero-order valence-corrected chi connectivity index (χ0v) is 13.9. The maximum absolute atomic E-state index is 9.92. The van der Waals surface area contributed by atoms with Crippen molar-refractivity contribution in [2.45, 2.75) is 42.9 Å². The molecule has 0 amide bonds. The number of fused-ring (bicyclic) bond motifs is 1. The Labute approximate surface area is 137 Å². The van der Waals surface area contributed by atoms with Crippen LogP contribution >= 0.6 is 0 Å². The van der Waals surface area contributed by atoms with Crippen molar-refractivity contribution >= 4 is 0 Å². The fourth-order valence-electron chi connectivity index (χ4n) is 4.80. The van der Waals surface area contributed by atoms with Crippen LogP contribution in [0.5, 0.6) is 11.5 Å². The van der Waals surface area contributed by atoms with Gasteiger partial charge in [-0.25, -0.2) is 0 Å². The SMILES string of the molecule is COc1cc(C23CCN(C)C2CC2(CC3)OCCO2)ccc1O. The molecule has 4 rings (SSSR count). The predicted molar refractivity (Wildman–Crippen MR) is 85.9 cm³/mol. The van der Waals surface area contributed by atoms with Crippen molar-refractivity contribution in [1.29, 1.82) is 0 Å². The molecular weight excluding hydrogens is 294 g/mol. The molecule has 1 N–H and O–H groups in total. The number of hydrogen-bond acceptors (Lipinski definition) is 5. The number of hydrogen-bond donors (Lipinski definition) is 1. The maximum Gasteiger partial charge on any atom is 0.170 e. The van der Waals surface area contributed by atoms with Crippen LogP contribution in [0.1, 0.15) is 31.2 Å². The number of rotatable bonds is 2. The van der Waals surface area contributed by atoms with Crippen molar-refractivity contribution in [1.82, 2.24) is 4.90 Å². The molecule has 1 aromatic carbocycles. The van der Waals surface area contributed by atoms with Crippen molar-refractivity contribution in [3.05, 3.63) is 23.8 Å². The second kappa shape index (κ2) is 5.36. The molecule has 2 saturated heterocycles. The summed E-state index contributed by atoms with van der Waals surface area (Å²) in [5, 5.41) is 9.92. The quantitative estimate of drug-likeness (QED) is 0.906. The minimum atomic E-state index is -0.381. The van der Waals surface area contributed by atoms with Gasteiger partial charge in [-0.15, -0.1) is 0 Å². The van der Waals surface area contributed by atoms with Gasteiger partial charge in [-0.3, -0.25) is 0 Å². The summed E-state index contributed by atoms with van der Waals surface area (Å²) in [6.45, 7) is 2.48. The molecule has 23 heavy (non-hydrogen) atoms. The van der Waals surface area contributed by atoms with Gasteiger partial charge in [-0.1, -0.05) is 6.07 Å². The normalized spacial score (nSPS) is 33.0. The first-order valence-electron chi connectivity index (χ1n) is 8.44. The average molecular weight is 319 g/mol. The second-order valence-corrected chi connectivity index (χ2v) is 7.10. The van der Waals surface area contributed by atoms with Crippen molar-refractivity contribution in [3.8, 4) is 11.5 Å². The average Bonchev–Trinajstić information content (AvgIpc) is 3.15. The van der Waals surface area contributed by atoms with Gasteiger partial charge in [0, 0.05) is 24.3 Å². The van der Waals surface area contributed by atoms with Crippen molar-refractivity contribution in [2.75, 3.05) is 33.9 Å². The van der Waals surface area contributed by atoms with E-state index < -0.39 is 0 Å². The Kier molecular flexibility index (Phi) is 3.55. The third kappa shape index (κ3) is 2.25. The largest absolute Gasteiger partial charge is 0.504 e. The predicted octanol–water partition coefficient (Wildman–Crippen LogP) is 2.27. The zero-order valence-electron chi connectivity index (χ0n) is 13.9. The highest BCUT2D eigenvalue weighted by molar-refractivity contribution is 5.45. The van der Waals surface area contributed by atoms with Gasteiger partial charge >= 0.3 is 0 Å². The fourth-order valence-corrected chi connectivity index (χ4v) is 4.80. The number of nitrogens with zero attached hydrogens (tertiary/aromatic N) is 1. The number of benzene rings is 1. The molecule has 2 atom stereocenters. The van der Waals surface area contributed by atoms with Gasteiger partial charge in [-0.2, -0.15) is 0 Å². The van der Waals surface area contributed by atoms with Gasteiger partial charge in [0.2, 0.25) is 0 Å². The minimum absolute atomic E-state index is 0.0935. The molecule has 2 heterocycles. The summed E-state index contributed by atoms with van der Waals surface area (Å²) in [5.74, 6) is 0.373. The van der Waals surface area contributed by atoms with Gasteiger partial charge in [0.1, 0.15) is 0 Å². The topological polar surface area (TPSA) is 51.2 Å². The monoisotopic (exact) mass is 319 g/mol. The summed E-state index contributed by atoms with van der Waals surface area (Å²) in [4.78, 5) is 2.44. The number of likely N-dealkylation sites (N-methyl/N-ethyl adjacent to an activating group) is 1. The van der Waals surface area contributed by atoms with E-state index in [2.05, 4.69) is 18.0 Å². The molecule has 1 aromatic rings. The number of likely N-dealkylation sites (tertiary alicyclic amines) is 1. The molecule has 0 radical (unpaired) electrons. The summed E-state index contributed by atoms with van der Waals surface area (Å²) in [5.41, 5.74) is 1.35. The number of ether oxygens (including phenoxy) is 3. The Hall–Kier alpha value is -1.30. The fraction of sp³-hybridized carbons (Fsp3) is 0.667. The summed E-state index contributed by atoms with van der Waals surface area (Å²) < 4.78 is 17.3. The third-order valence-electron chi connectivity index (χ3n) is 6.11. The summed E-state index contributed by atoms with van der Waals surface area (Å²) in [7, 11) is 3.79. The van der Waals surface area contributed by atoms with Crippen molar-refractivity contribution < 1.29 is 19.3 Å². The lowest BCUT2D eigenvalue weighted by atomic mass is 9.64. The van der Waals surface area contributed by atoms with Gasteiger partial charge in [0.15, 0.2) is 17.3 Å². The molecule has 5 nitrogen and oxygen atoms in total. The van der Waals surface area contributed by atoms with E-state index in [1.165, 1.54) is 5.56 Å². The number of phenolic OH excluding ortho intramolecular Hbond substituents is 1. The zero-order chi connectivity index (χ0) is 16.1. The van der Waals surface area contributed by atoms with E-state index in [4.69, 9.17) is 14.2 Å². The summed E-state index contributed by atoms with van der Waals surface area (Å²) >= 11 is 0. The van der Waals surface area contributed by atoms with Crippen molar-refractivity contribution in [3.63, 3.8) is 0 Å². The Morgan fingerprint density at radius 2 is 2.00 bits per heavy atom. The molecule has 0 aromatic heterocycles. The van der Waals surface area contributed by atoms with Crippen LogP contribution < -0.4 is 4.74 Å². The van der Waals surface area contributed by atoms with Crippen LogP contribution in [0.3, 0.4) is 0 Å². The van der Waals surface area contributed by atoms with Gasteiger partial charge in [0.25, 0.3) is 0 Å². The molecule has 1 saturated carbocycles. The first-order chi connectivity index (χ1) is 11.1. The van der Waals surface area contributed by atoms with Gasteiger partial charge in [-0.05, 0) is 44.1 Å². The molecule has 1 spiro atoms. The standard InChI is InChI=1S/C18H25NO4/c1-19-8-7-17(13-3-4-14(20)15(11-13)21-2)5-6-18(12-16(17)19)22-9-10-23-18/h3-4,11,16,20H,5-10,12H2,1-2H3. The Bertz CT molecular complexity index is 599. The number of methoxy groups -OCH3 is 1. The molecule has 3 fully saturated rings. The van der Waals surface area contributed by atoms with Gasteiger partial charge in [0.05, 0.1) is 20.3 Å². The Morgan fingerprint density at radius 3 is 2.74 bits per heavy atom. The molecule has 2 unspecified atom stereocenters. The lowest BCUT2D eigenvalue weighted by Crippen LogP contribution is -2.52. The molecule has 1 aliphatic carbocycles. The van der Waals surface area contributed by atoms with E-state index in [0.29, 0.717) is 25.0 Å². The van der Waals surface area contributed by atoms with Crippen LogP contribution in [0.2, 0.25) is 0 Å². The summed E-state index contributed by atoms with van der Waals surface area (Å²) in [6, 6.07) is 6.21. The first-order valence-corrected chi connectivity index (χ1v) is 8.44. The van der Waals surface area contributed by atoms with Gasteiger partial charge < -0.3 is 24.2 Å². The summed E-state index contributed by atoms with van der Waals surface area (Å²) in [6.07, 6.45) is 4.00. The van der Waals surface area contributed by atoms with E-state index in [1.807, 2.05) is 6.07 Å². The van der Waals surface area contributed by atoms with E-state index in [1.54, 1.807) is 13.2 Å². The highest BCUT2D eigenvalue weighted by atomic mass is 16.7. The highest BCUT2D eigenvalue weighted by Crippen LogP contribution is 2.53. The first kappa shape index (κ1) is 15.2.